The number of fused-ring (bicyclic) bond motifs is 1. The van der Waals surface area contributed by atoms with E-state index in [0.29, 0.717) is 23.7 Å². The minimum atomic E-state index is -0.500. The van der Waals surface area contributed by atoms with Crippen LogP contribution in [0.4, 0.5) is 16.2 Å². The minimum absolute atomic E-state index is 0.228. The zero-order valence-corrected chi connectivity index (χ0v) is 19.1. The molecule has 5 rings (SSSR count). The van der Waals surface area contributed by atoms with Crippen molar-refractivity contribution in [3.63, 3.8) is 0 Å². The van der Waals surface area contributed by atoms with Crippen LogP contribution in [0.1, 0.15) is 53.6 Å². The highest BCUT2D eigenvalue weighted by Crippen LogP contribution is 2.37. The number of hydrogen-bond acceptors (Lipinski definition) is 3. The van der Waals surface area contributed by atoms with E-state index in [0.717, 1.165) is 35.4 Å². The van der Waals surface area contributed by atoms with Crippen molar-refractivity contribution < 1.29 is 9.59 Å². The van der Waals surface area contributed by atoms with E-state index >= 15 is 0 Å². The van der Waals surface area contributed by atoms with Gasteiger partial charge in [-0.05, 0) is 31.0 Å². The van der Waals surface area contributed by atoms with Crippen LogP contribution in [0.25, 0.3) is 0 Å². The lowest BCUT2D eigenvalue weighted by molar-refractivity contribution is 0.1000. The van der Waals surface area contributed by atoms with Gasteiger partial charge in [-0.1, -0.05) is 77.5 Å². The maximum Gasteiger partial charge on any atom is 0.453 e. The first-order valence-electron chi connectivity index (χ1n) is 11.9. The second-order valence-corrected chi connectivity index (χ2v) is 9.12. The lowest BCUT2D eigenvalue weighted by Gasteiger charge is -2.30. The average molecular weight is 454 g/mol. The Morgan fingerprint density at radius 3 is 2.29 bits per heavy atom. The first kappa shape index (κ1) is 22.0. The molecule has 0 radical (unpaired) electrons. The number of nitrogens with two attached hydrogens (primary N) is 1. The summed E-state index contributed by atoms with van der Waals surface area (Å²) in [6.07, 6.45) is 5.69. The molecule has 0 saturated heterocycles. The van der Waals surface area contributed by atoms with Crippen molar-refractivity contribution in [3.05, 3.63) is 95.6 Å². The van der Waals surface area contributed by atoms with Gasteiger partial charge in [-0.2, -0.15) is 0 Å². The zero-order valence-electron chi connectivity index (χ0n) is 19.1. The molecule has 0 aromatic heterocycles. The van der Waals surface area contributed by atoms with Gasteiger partial charge in [0.15, 0.2) is 5.69 Å². The Balaban J connectivity index is 1.72. The molecule has 1 aliphatic carbocycles. The number of nitrogens with one attached hydrogen (secondary N) is 1. The third-order valence-corrected chi connectivity index (χ3v) is 6.88. The molecule has 6 heteroatoms. The smallest absolute Gasteiger partial charge is 0.366 e. The van der Waals surface area contributed by atoms with Crippen molar-refractivity contribution in [2.75, 3.05) is 5.32 Å². The summed E-state index contributed by atoms with van der Waals surface area (Å²) in [5.74, 6) is -0.207. The van der Waals surface area contributed by atoms with Crippen LogP contribution in [0.2, 0.25) is 0 Å². The molecule has 1 atom stereocenters. The third kappa shape index (κ3) is 4.13. The summed E-state index contributed by atoms with van der Waals surface area (Å²) in [6.45, 7) is 0.354. The molecule has 172 valence electrons. The first-order chi connectivity index (χ1) is 16.6. The first-order valence-corrected chi connectivity index (χ1v) is 11.9. The van der Waals surface area contributed by atoms with E-state index in [-0.39, 0.29) is 10.6 Å². The molecule has 1 fully saturated rings. The number of hydrogen-bond donors (Lipinski definition) is 2. The Morgan fingerprint density at radius 1 is 0.912 bits per heavy atom. The number of carbonyl (C=O) groups excluding carboxylic acids is 2. The van der Waals surface area contributed by atoms with E-state index in [4.69, 9.17) is 10.8 Å². The van der Waals surface area contributed by atoms with E-state index in [1.165, 1.54) is 19.3 Å². The molecule has 3 aromatic carbocycles. The number of benzene rings is 3. The monoisotopic (exact) mass is 453 g/mol. The van der Waals surface area contributed by atoms with Crippen LogP contribution in [-0.4, -0.2) is 17.6 Å². The van der Waals surface area contributed by atoms with Gasteiger partial charge in [-0.15, -0.1) is 0 Å². The van der Waals surface area contributed by atoms with Gasteiger partial charge in [0.2, 0.25) is 5.91 Å². The lowest BCUT2D eigenvalue weighted by Crippen LogP contribution is -2.51. The summed E-state index contributed by atoms with van der Waals surface area (Å²) in [7, 11) is 0. The lowest BCUT2D eigenvalue weighted by atomic mass is 9.83. The van der Waals surface area contributed by atoms with Gasteiger partial charge in [0.25, 0.3) is 0 Å². The van der Waals surface area contributed by atoms with Crippen LogP contribution in [0.15, 0.2) is 84.0 Å². The van der Waals surface area contributed by atoms with Gasteiger partial charge in [-0.25, -0.2) is 4.79 Å². The quantitative estimate of drug-likeness (QED) is 0.477. The topological polar surface area (TPSA) is 84.6 Å². The van der Waals surface area contributed by atoms with Crippen LogP contribution in [0, 0.1) is 5.92 Å². The molecule has 1 unspecified atom stereocenters. The Kier molecular flexibility index (Phi) is 5.99. The third-order valence-electron chi connectivity index (χ3n) is 6.88. The normalized spacial score (nSPS) is 20.6. The van der Waals surface area contributed by atoms with Crippen molar-refractivity contribution in [2.45, 2.75) is 38.6 Å². The van der Waals surface area contributed by atoms with Gasteiger partial charge < -0.3 is 5.73 Å². The Morgan fingerprint density at radius 2 is 1.59 bits per heavy atom. The molecule has 1 saturated carbocycles. The van der Waals surface area contributed by atoms with E-state index in [1.807, 2.05) is 48.5 Å². The number of urea groups is 1. The summed E-state index contributed by atoms with van der Waals surface area (Å²) in [6, 6.07) is 24.6. The second-order valence-electron chi connectivity index (χ2n) is 9.12. The van der Waals surface area contributed by atoms with E-state index < -0.39 is 5.91 Å². The van der Waals surface area contributed by atoms with E-state index in [2.05, 4.69) is 11.4 Å². The molecule has 0 spiro atoms. The van der Waals surface area contributed by atoms with Crippen molar-refractivity contribution in [2.24, 2.45) is 16.8 Å². The predicted octanol–water partition coefficient (Wildman–Crippen LogP) is 5.82. The average Bonchev–Trinajstić information content (AvgIpc) is 3.00. The predicted molar refractivity (Wildman–Crippen MR) is 135 cm³/mol. The van der Waals surface area contributed by atoms with Gasteiger partial charge in [-0.3, -0.25) is 10.1 Å². The highest BCUT2D eigenvalue weighted by Gasteiger charge is 2.45. The Bertz CT molecular complexity index is 1230. The maximum absolute atomic E-state index is 14.0. The number of rotatable bonds is 5. The highest BCUT2D eigenvalue weighted by molar-refractivity contribution is 6.13. The fourth-order valence-electron chi connectivity index (χ4n) is 5.08. The van der Waals surface area contributed by atoms with Crippen LogP contribution >= 0.6 is 0 Å². The number of nitrogens with zero attached hydrogens (tertiary/aromatic N) is 2. The van der Waals surface area contributed by atoms with E-state index in [1.54, 1.807) is 24.3 Å². The molecule has 34 heavy (non-hydrogen) atoms. The summed E-state index contributed by atoms with van der Waals surface area (Å²) in [5, 5.41) is 8.48. The number of quaternary nitrogens is 1. The maximum atomic E-state index is 14.0. The number of carbonyl (C=O) groups is 2. The molecule has 3 aromatic rings. The number of anilines is 1. The number of primary amides is 1. The van der Waals surface area contributed by atoms with Gasteiger partial charge in [0.05, 0.1) is 5.69 Å². The van der Waals surface area contributed by atoms with Crippen LogP contribution in [-0.2, 0) is 6.54 Å². The summed E-state index contributed by atoms with van der Waals surface area (Å²) < 4.78 is -0.260. The second kappa shape index (κ2) is 9.23. The molecule has 3 amide bonds. The fourth-order valence-corrected chi connectivity index (χ4v) is 5.08. The van der Waals surface area contributed by atoms with Crippen LogP contribution in [0.5, 0.6) is 0 Å². The van der Waals surface area contributed by atoms with Crippen molar-refractivity contribution in [1.82, 2.24) is 4.59 Å². The zero-order chi connectivity index (χ0) is 23.5. The van der Waals surface area contributed by atoms with Gasteiger partial charge in [0.1, 0.15) is 12.3 Å². The van der Waals surface area contributed by atoms with Gasteiger partial charge in [0, 0.05) is 34.7 Å². The Labute approximate surface area is 199 Å². The van der Waals surface area contributed by atoms with Crippen LogP contribution in [0.3, 0.4) is 0 Å². The SMILES string of the molecule is NC(=O)c1ccc([N+]2(Cc3ccccc3)N=C(C3CCCCC3)c3ccccc3NC2=O)cc1. The molecule has 2 aliphatic rings. The van der Waals surface area contributed by atoms with Gasteiger partial charge >= 0.3 is 6.03 Å². The van der Waals surface area contributed by atoms with Crippen LogP contribution < -0.4 is 15.6 Å². The molecule has 3 N–H and O–H groups in total. The fraction of sp³-hybridized carbons (Fsp3) is 0.250. The molecular formula is C28H29N4O2+. The molecule has 1 heterocycles. The number of para-hydroxylation sites is 1. The largest absolute Gasteiger partial charge is 0.453 e. The molecule has 6 nitrogen and oxygen atoms in total. The summed E-state index contributed by atoms with van der Waals surface area (Å²) in [5.41, 5.74) is 10.3. The molecular weight excluding hydrogens is 424 g/mol. The molecule has 1 aliphatic heterocycles. The Hall–Kier alpha value is -3.77. The standard InChI is InChI=1S/C28H28N4O2/c29-27(33)22-15-17-23(18-16-22)32(19-20-9-3-1-4-10-20)28(34)30-25-14-8-7-13-24(25)26(31-32)21-11-5-2-6-12-21/h1,3-4,7-10,13-18,21H,2,5-6,11-12,19H2,(H2-,29,30,31,33,34)/p+1. The number of amides is 3. The van der Waals surface area contributed by atoms with Crippen molar-refractivity contribution in [3.8, 4) is 0 Å². The van der Waals surface area contributed by atoms with Crippen molar-refractivity contribution in [1.29, 1.82) is 0 Å². The molecule has 0 bridgehead atoms. The highest BCUT2D eigenvalue weighted by atomic mass is 16.2. The van der Waals surface area contributed by atoms with Crippen molar-refractivity contribution >= 4 is 29.0 Å². The summed E-state index contributed by atoms with van der Waals surface area (Å²) >= 11 is 0. The summed E-state index contributed by atoms with van der Waals surface area (Å²) in [4.78, 5) is 25.7. The van der Waals surface area contributed by atoms with E-state index in [9.17, 15) is 9.59 Å². The minimum Gasteiger partial charge on any atom is -0.366 e.